The lowest BCUT2D eigenvalue weighted by atomic mass is 10.2. The minimum Gasteiger partial charge on any atom is -0.454 e. The molecule has 1 aliphatic heterocycles. The van der Waals surface area contributed by atoms with Gasteiger partial charge in [0.1, 0.15) is 11.0 Å². The van der Waals surface area contributed by atoms with Crippen LogP contribution in [0.3, 0.4) is 0 Å². The van der Waals surface area contributed by atoms with Crippen LogP contribution in [0.1, 0.15) is 10.4 Å². The van der Waals surface area contributed by atoms with Crippen LogP contribution in [-0.4, -0.2) is 33.7 Å². The molecule has 0 aromatic heterocycles. The van der Waals surface area contributed by atoms with Crippen molar-refractivity contribution in [1.29, 1.82) is 0 Å². The van der Waals surface area contributed by atoms with Gasteiger partial charge in [0.25, 0.3) is 0 Å². The number of ether oxygens (including phenoxy) is 2. The molecule has 1 fully saturated rings. The lowest BCUT2D eigenvalue weighted by molar-refractivity contribution is -0.103. The standard InChI is InChI=1S/C10H10ClNO5S/c11-8-2-1-6(3-9(8)18(12,14)15)10(13)17-7-4-16-5-7/h1-3,7H,4-5H2,(H2,12,14,15). The van der Waals surface area contributed by atoms with Crippen molar-refractivity contribution in [2.45, 2.75) is 11.0 Å². The molecule has 1 heterocycles. The van der Waals surface area contributed by atoms with Gasteiger partial charge in [0.2, 0.25) is 10.0 Å². The van der Waals surface area contributed by atoms with E-state index in [1.807, 2.05) is 0 Å². The molecule has 0 amide bonds. The zero-order valence-electron chi connectivity index (χ0n) is 9.13. The first-order valence-electron chi connectivity index (χ1n) is 4.99. The summed E-state index contributed by atoms with van der Waals surface area (Å²) in [6, 6.07) is 3.76. The molecule has 1 aliphatic rings. The van der Waals surface area contributed by atoms with Gasteiger partial charge >= 0.3 is 5.97 Å². The third-order valence-corrected chi connectivity index (χ3v) is 3.75. The van der Waals surface area contributed by atoms with Gasteiger partial charge in [0, 0.05) is 0 Å². The molecule has 2 rings (SSSR count). The van der Waals surface area contributed by atoms with Gasteiger partial charge in [0.15, 0.2) is 0 Å². The predicted octanol–water partition coefficient (Wildman–Crippen LogP) is 0.543. The molecular formula is C10H10ClNO5S. The molecule has 8 heteroatoms. The van der Waals surface area contributed by atoms with Crippen molar-refractivity contribution in [3.63, 3.8) is 0 Å². The Labute approximate surface area is 109 Å². The maximum Gasteiger partial charge on any atom is 0.338 e. The first-order valence-corrected chi connectivity index (χ1v) is 6.91. The van der Waals surface area contributed by atoms with Gasteiger partial charge in [-0.3, -0.25) is 0 Å². The fraction of sp³-hybridized carbons (Fsp3) is 0.300. The first kappa shape index (κ1) is 13.3. The summed E-state index contributed by atoms with van der Waals surface area (Å²) < 4.78 is 32.4. The number of halogens is 1. The normalized spacial score (nSPS) is 16.1. The molecule has 0 unspecified atom stereocenters. The van der Waals surface area contributed by atoms with Crippen LogP contribution in [0, 0.1) is 0 Å². The summed E-state index contributed by atoms with van der Waals surface area (Å²) >= 11 is 5.70. The van der Waals surface area contributed by atoms with Gasteiger partial charge in [-0.15, -0.1) is 0 Å². The number of carbonyl (C=O) groups excluding carboxylic acids is 1. The van der Waals surface area contributed by atoms with E-state index >= 15 is 0 Å². The quantitative estimate of drug-likeness (QED) is 0.820. The topological polar surface area (TPSA) is 95.7 Å². The van der Waals surface area contributed by atoms with Crippen LogP contribution in [0.25, 0.3) is 0 Å². The van der Waals surface area contributed by atoms with E-state index in [9.17, 15) is 13.2 Å². The van der Waals surface area contributed by atoms with Crippen LogP contribution in [0.2, 0.25) is 5.02 Å². The Morgan fingerprint density at radius 1 is 1.44 bits per heavy atom. The van der Waals surface area contributed by atoms with Crippen LogP contribution >= 0.6 is 11.6 Å². The van der Waals surface area contributed by atoms with E-state index in [0.29, 0.717) is 13.2 Å². The van der Waals surface area contributed by atoms with Crippen molar-refractivity contribution in [3.05, 3.63) is 28.8 Å². The molecule has 1 aromatic carbocycles. The zero-order chi connectivity index (χ0) is 13.3. The Morgan fingerprint density at radius 3 is 2.61 bits per heavy atom. The maximum absolute atomic E-state index is 11.7. The smallest absolute Gasteiger partial charge is 0.338 e. The Kier molecular flexibility index (Phi) is 3.58. The molecular weight excluding hydrogens is 282 g/mol. The number of rotatable bonds is 3. The maximum atomic E-state index is 11.7. The second kappa shape index (κ2) is 4.85. The average Bonchev–Trinajstić information content (AvgIpc) is 2.22. The van der Waals surface area contributed by atoms with Crippen LogP contribution in [0.5, 0.6) is 0 Å². The third kappa shape index (κ3) is 2.81. The number of nitrogens with two attached hydrogens (primary N) is 1. The molecule has 0 spiro atoms. The third-order valence-electron chi connectivity index (χ3n) is 2.35. The van der Waals surface area contributed by atoms with E-state index in [1.165, 1.54) is 12.1 Å². The van der Waals surface area contributed by atoms with Crippen molar-refractivity contribution < 1.29 is 22.7 Å². The summed E-state index contributed by atoms with van der Waals surface area (Å²) in [6.45, 7) is 0.697. The molecule has 0 saturated carbocycles. The Bertz CT molecular complexity index is 582. The van der Waals surface area contributed by atoms with Gasteiger partial charge in [-0.2, -0.15) is 0 Å². The van der Waals surface area contributed by atoms with Crippen molar-refractivity contribution >= 4 is 27.6 Å². The summed E-state index contributed by atoms with van der Waals surface area (Å²) in [7, 11) is -3.97. The van der Waals surface area contributed by atoms with Gasteiger partial charge in [-0.1, -0.05) is 11.6 Å². The van der Waals surface area contributed by atoms with Crippen LogP contribution < -0.4 is 5.14 Å². The number of carbonyl (C=O) groups is 1. The van der Waals surface area contributed by atoms with Crippen molar-refractivity contribution in [3.8, 4) is 0 Å². The molecule has 1 saturated heterocycles. The highest BCUT2D eigenvalue weighted by Crippen LogP contribution is 2.22. The van der Waals surface area contributed by atoms with Crippen molar-refractivity contribution in [2.75, 3.05) is 13.2 Å². The summed E-state index contributed by atoms with van der Waals surface area (Å²) in [5, 5.41) is 4.94. The summed E-state index contributed by atoms with van der Waals surface area (Å²) in [5.74, 6) is -0.634. The van der Waals surface area contributed by atoms with E-state index < -0.39 is 16.0 Å². The van der Waals surface area contributed by atoms with E-state index in [2.05, 4.69) is 0 Å². The summed E-state index contributed by atoms with van der Waals surface area (Å²) in [4.78, 5) is 11.4. The van der Waals surface area contributed by atoms with Crippen LogP contribution in [0.15, 0.2) is 23.1 Å². The van der Waals surface area contributed by atoms with Crippen LogP contribution in [-0.2, 0) is 19.5 Å². The zero-order valence-corrected chi connectivity index (χ0v) is 10.7. The molecule has 2 N–H and O–H groups in total. The highest BCUT2D eigenvalue weighted by Gasteiger charge is 2.24. The lowest BCUT2D eigenvalue weighted by Gasteiger charge is -2.25. The van der Waals surface area contributed by atoms with E-state index in [0.717, 1.165) is 6.07 Å². The second-order valence-electron chi connectivity index (χ2n) is 3.75. The van der Waals surface area contributed by atoms with Gasteiger partial charge < -0.3 is 9.47 Å². The number of hydrogen-bond donors (Lipinski definition) is 1. The van der Waals surface area contributed by atoms with E-state index in [4.69, 9.17) is 26.2 Å². The largest absolute Gasteiger partial charge is 0.454 e. The minimum absolute atomic E-state index is 0.0407. The van der Waals surface area contributed by atoms with Crippen molar-refractivity contribution in [1.82, 2.24) is 0 Å². The molecule has 6 nitrogen and oxygen atoms in total. The number of esters is 1. The second-order valence-corrected chi connectivity index (χ2v) is 5.69. The molecule has 1 aromatic rings. The Balaban J connectivity index is 2.26. The highest BCUT2D eigenvalue weighted by molar-refractivity contribution is 7.89. The summed E-state index contributed by atoms with van der Waals surface area (Å²) in [6.07, 6.45) is -0.286. The molecule has 0 radical (unpaired) electrons. The summed E-state index contributed by atoms with van der Waals surface area (Å²) in [5.41, 5.74) is 0.0790. The first-order chi connectivity index (χ1) is 8.38. The Hall–Kier alpha value is -1.15. The molecule has 18 heavy (non-hydrogen) atoms. The number of primary sulfonamides is 1. The number of sulfonamides is 1. The SMILES string of the molecule is NS(=O)(=O)c1cc(C(=O)OC2COC2)ccc1Cl. The molecule has 0 aliphatic carbocycles. The fourth-order valence-corrected chi connectivity index (χ4v) is 2.42. The minimum atomic E-state index is -3.97. The average molecular weight is 292 g/mol. The fourth-order valence-electron chi connectivity index (χ4n) is 1.35. The predicted molar refractivity (Wildman–Crippen MR) is 62.8 cm³/mol. The molecule has 0 bridgehead atoms. The van der Waals surface area contributed by atoms with Gasteiger partial charge in [-0.05, 0) is 18.2 Å². The number of benzene rings is 1. The van der Waals surface area contributed by atoms with Gasteiger partial charge in [0.05, 0.1) is 23.8 Å². The highest BCUT2D eigenvalue weighted by atomic mass is 35.5. The Morgan fingerprint density at radius 2 is 2.11 bits per heavy atom. The molecule has 98 valence electrons. The van der Waals surface area contributed by atoms with E-state index in [-0.39, 0.29) is 21.6 Å². The molecule has 0 atom stereocenters. The van der Waals surface area contributed by atoms with Gasteiger partial charge in [-0.25, -0.2) is 18.4 Å². The van der Waals surface area contributed by atoms with Crippen LogP contribution in [0.4, 0.5) is 0 Å². The lowest BCUT2D eigenvalue weighted by Crippen LogP contribution is -2.37. The number of hydrogen-bond acceptors (Lipinski definition) is 5. The monoisotopic (exact) mass is 291 g/mol. The van der Waals surface area contributed by atoms with Crippen molar-refractivity contribution in [2.24, 2.45) is 5.14 Å². The van der Waals surface area contributed by atoms with E-state index in [1.54, 1.807) is 0 Å².